The molecule has 0 spiro atoms. The van der Waals surface area contributed by atoms with Crippen molar-refractivity contribution in [1.82, 2.24) is 0 Å². The van der Waals surface area contributed by atoms with E-state index in [0.29, 0.717) is 0 Å². The lowest BCUT2D eigenvalue weighted by atomic mass is 11.1. The van der Waals surface area contributed by atoms with Crippen molar-refractivity contribution in [2.24, 2.45) is 0 Å². The van der Waals surface area contributed by atoms with E-state index in [9.17, 15) is 4.57 Å². The SMILES string of the molecule is O=P(O)(O)OC1OCO1. The fourth-order valence-electron chi connectivity index (χ4n) is 0.297. The maximum absolute atomic E-state index is 9.95. The normalized spacial score (nSPS) is 21.6. The minimum Gasteiger partial charge on any atom is -0.303 e. The van der Waals surface area contributed by atoms with E-state index < -0.39 is 14.3 Å². The molecule has 1 aliphatic heterocycles. The highest BCUT2D eigenvalue weighted by Crippen LogP contribution is 2.39. The predicted molar refractivity (Wildman–Crippen MR) is 24.0 cm³/mol. The Bertz CT molecular complexity index is 134. The summed E-state index contributed by atoms with van der Waals surface area (Å²) in [5, 5.41) is 0. The van der Waals surface area contributed by atoms with Gasteiger partial charge in [0.15, 0.2) is 6.79 Å². The second kappa shape index (κ2) is 2.34. The number of hydrogen-bond acceptors (Lipinski definition) is 4. The summed E-state index contributed by atoms with van der Waals surface area (Å²) in [5.41, 5.74) is 0. The van der Waals surface area contributed by atoms with Crippen LogP contribution in [-0.2, 0) is 18.6 Å². The van der Waals surface area contributed by atoms with E-state index in [4.69, 9.17) is 9.79 Å². The standard InChI is InChI=1S/C2H5O6P/c3-9(4,5)8-2-6-1-7-2/h2H,1H2,(H2,3,4,5). The Balaban J connectivity index is 2.24. The molecule has 0 aromatic carbocycles. The maximum Gasteiger partial charge on any atom is 0.473 e. The highest BCUT2D eigenvalue weighted by atomic mass is 31.2. The Labute approximate surface area is 50.6 Å². The lowest BCUT2D eigenvalue weighted by Gasteiger charge is -2.25. The molecule has 54 valence electrons. The van der Waals surface area contributed by atoms with E-state index >= 15 is 0 Å². The molecule has 9 heavy (non-hydrogen) atoms. The molecule has 0 saturated carbocycles. The summed E-state index contributed by atoms with van der Waals surface area (Å²) in [4.78, 5) is 16.2. The molecule has 0 aromatic heterocycles. The number of ether oxygens (including phenoxy) is 2. The summed E-state index contributed by atoms with van der Waals surface area (Å²) in [5.74, 6) is 0. The molecule has 1 fully saturated rings. The van der Waals surface area contributed by atoms with Crippen LogP contribution < -0.4 is 0 Å². The summed E-state index contributed by atoms with van der Waals surface area (Å²) in [6, 6.07) is 0. The quantitative estimate of drug-likeness (QED) is 0.518. The monoisotopic (exact) mass is 156 g/mol. The predicted octanol–water partition coefficient (Wildman–Crippen LogP) is -0.616. The van der Waals surface area contributed by atoms with Crippen molar-refractivity contribution in [1.29, 1.82) is 0 Å². The maximum atomic E-state index is 9.95. The van der Waals surface area contributed by atoms with Gasteiger partial charge < -0.3 is 19.3 Å². The molecule has 0 unspecified atom stereocenters. The van der Waals surface area contributed by atoms with Crippen LogP contribution in [0.1, 0.15) is 0 Å². The van der Waals surface area contributed by atoms with Crippen LogP contribution in [-0.4, -0.2) is 23.1 Å². The number of rotatable bonds is 2. The van der Waals surface area contributed by atoms with Crippen molar-refractivity contribution < 1.29 is 28.3 Å². The number of phosphoric acid groups is 1. The van der Waals surface area contributed by atoms with E-state index in [0.717, 1.165) is 0 Å². The van der Waals surface area contributed by atoms with Crippen LogP contribution in [0.15, 0.2) is 0 Å². The van der Waals surface area contributed by atoms with E-state index in [-0.39, 0.29) is 6.79 Å². The van der Waals surface area contributed by atoms with Crippen LogP contribution in [0.5, 0.6) is 0 Å². The first-order valence-electron chi connectivity index (χ1n) is 2.05. The van der Waals surface area contributed by atoms with Crippen LogP contribution in [0, 0.1) is 0 Å². The largest absolute Gasteiger partial charge is 0.473 e. The van der Waals surface area contributed by atoms with Crippen molar-refractivity contribution in [3.05, 3.63) is 0 Å². The van der Waals surface area contributed by atoms with E-state index in [1.165, 1.54) is 0 Å². The van der Waals surface area contributed by atoms with Gasteiger partial charge >= 0.3 is 7.82 Å². The Hall–Kier alpha value is 0.0300. The molecule has 1 aliphatic rings. The van der Waals surface area contributed by atoms with Crippen molar-refractivity contribution in [3.8, 4) is 0 Å². The number of hydrogen-bond donors (Lipinski definition) is 2. The first-order valence-corrected chi connectivity index (χ1v) is 3.58. The van der Waals surface area contributed by atoms with Crippen LogP contribution in [0.3, 0.4) is 0 Å². The van der Waals surface area contributed by atoms with Crippen molar-refractivity contribution in [2.45, 2.75) is 6.48 Å². The van der Waals surface area contributed by atoms with E-state index in [2.05, 4.69) is 14.0 Å². The van der Waals surface area contributed by atoms with Crippen molar-refractivity contribution in [2.75, 3.05) is 6.79 Å². The molecule has 2 N–H and O–H groups in total. The highest BCUT2D eigenvalue weighted by molar-refractivity contribution is 7.46. The lowest BCUT2D eigenvalue weighted by molar-refractivity contribution is -0.397. The van der Waals surface area contributed by atoms with Gasteiger partial charge in [-0.2, -0.15) is 0 Å². The van der Waals surface area contributed by atoms with Gasteiger partial charge in [0.2, 0.25) is 0 Å². The van der Waals surface area contributed by atoms with Gasteiger partial charge in [-0.05, 0) is 0 Å². The first kappa shape index (κ1) is 7.14. The third kappa shape index (κ3) is 2.40. The summed E-state index contributed by atoms with van der Waals surface area (Å²) in [6.45, 7) is -1.17. The Morgan fingerprint density at radius 2 is 2.11 bits per heavy atom. The van der Waals surface area contributed by atoms with Gasteiger partial charge in [0.25, 0.3) is 6.48 Å². The van der Waals surface area contributed by atoms with Crippen molar-refractivity contribution >= 4 is 7.82 Å². The van der Waals surface area contributed by atoms with Gasteiger partial charge in [0, 0.05) is 0 Å². The minimum absolute atomic E-state index is 0.0185. The molecule has 1 rings (SSSR count). The Kier molecular flexibility index (Phi) is 1.85. The second-order valence-corrected chi connectivity index (χ2v) is 2.53. The first-order chi connectivity index (χ1) is 4.08. The van der Waals surface area contributed by atoms with E-state index in [1.807, 2.05) is 0 Å². The zero-order valence-corrected chi connectivity index (χ0v) is 5.15. The Morgan fingerprint density at radius 3 is 2.22 bits per heavy atom. The highest BCUT2D eigenvalue weighted by Gasteiger charge is 2.28. The molecule has 0 radical (unpaired) electrons. The smallest absolute Gasteiger partial charge is 0.303 e. The molecule has 0 atom stereocenters. The fourth-order valence-corrected chi connectivity index (χ4v) is 0.643. The third-order valence-corrected chi connectivity index (χ3v) is 1.08. The van der Waals surface area contributed by atoms with E-state index in [1.54, 1.807) is 0 Å². The van der Waals surface area contributed by atoms with Gasteiger partial charge in [0.1, 0.15) is 0 Å². The molecule has 0 amide bonds. The average Bonchev–Trinajstić information content (AvgIpc) is 1.53. The molecule has 0 bridgehead atoms. The Morgan fingerprint density at radius 1 is 1.56 bits per heavy atom. The number of phosphoric ester groups is 1. The molecule has 6 nitrogen and oxygen atoms in total. The van der Waals surface area contributed by atoms with Gasteiger partial charge in [-0.15, -0.1) is 0 Å². The minimum atomic E-state index is -4.44. The van der Waals surface area contributed by atoms with Gasteiger partial charge in [-0.25, -0.2) is 9.09 Å². The van der Waals surface area contributed by atoms with Crippen LogP contribution in [0.2, 0.25) is 0 Å². The average molecular weight is 156 g/mol. The molecule has 0 aromatic rings. The van der Waals surface area contributed by atoms with Crippen LogP contribution >= 0.6 is 7.82 Å². The fraction of sp³-hybridized carbons (Fsp3) is 1.00. The summed E-state index contributed by atoms with van der Waals surface area (Å²) in [6.07, 6.45) is 0. The zero-order chi connectivity index (χ0) is 6.91. The summed E-state index contributed by atoms with van der Waals surface area (Å²) >= 11 is 0. The topological polar surface area (TPSA) is 85.2 Å². The van der Waals surface area contributed by atoms with Gasteiger partial charge in [0.05, 0.1) is 0 Å². The van der Waals surface area contributed by atoms with Gasteiger partial charge in [-0.3, -0.25) is 0 Å². The molecule has 1 heterocycles. The molecule has 1 saturated heterocycles. The summed E-state index contributed by atoms with van der Waals surface area (Å²) in [7, 11) is -4.44. The molecule has 0 aliphatic carbocycles. The second-order valence-electron chi connectivity index (χ2n) is 1.34. The molecule has 7 heteroatoms. The lowest BCUT2D eigenvalue weighted by Crippen LogP contribution is -2.32. The third-order valence-electron chi connectivity index (χ3n) is 0.632. The molecular formula is C2H5O6P. The van der Waals surface area contributed by atoms with Crippen LogP contribution in [0.25, 0.3) is 0 Å². The van der Waals surface area contributed by atoms with Crippen molar-refractivity contribution in [3.63, 3.8) is 0 Å². The molecular weight excluding hydrogens is 151 g/mol. The van der Waals surface area contributed by atoms with Crippen LogP contribution in [0.4, 0.5) is 0 Å². The summed E-state index contributed by atoms with van der Waals surface area (Å²) < 4.78 is 22.6. The van der Waals surface area contributed by atoms with Gasteiger partial charge in [-0.1, -0.05) is 0 Å². The zero-order valence-electron chi connectivity index (χ0n) is 4.26.